The number of aliphatic carboxylic acids is 1. The van der Waals surface area contributed by atoms with Gasteiger partial charge in [0, 0.05) is 0 Å². The first-order valence-corrected chi connectivity index (χ1v) is 4.91. The fourth-order valence-corrected chi connectivity index (χ4v) is 1.70. The Bertz CT molecular complexity index is 409. The lowest BCUT2D eigenvalue weighted by molar-refractivity contribution is -0.131. The number of carbonyl (C=O) groups excluding carboxylic acids is 1. The van der Waals surface area contributed by atoms with E-state index in [9.17, 15) is 9.59 Å². The van der Waals surface area contributed by atoms with Crippen LogP contribution in [0, 0.1) is 0 Å². The van der Waals surface area contributed by atoms with Crippen LogP contribution in [0.3, 0.4) is 0 Å². The van der Waals surface area contributed by atoms with Gasteiger partial charge in [-0.15, -0.1) is 0 Å². The molecule has 1 heterocycles. The molecule has 0 aromatic carbocycles. The molecular formula is C8H7BrN2O3. The molecule has 5 nitrogen and oxygen atoms in total. The molecule has 1 aromatic heterocycles. The number of carboxylic acid groups (broad SMARTS) is 1. The molecule has 6 heteroatoms. The van der Waals surface area contributed by atoms with Crippen LogP contribution in [0.25, 0.3) is 0 Å². The zero-order valence-electron chi connectivity index (χ0n) is 7.11. The molecule has 0 aliphatic heterocycles. The predicted molar refractivity (Wildman–Crippen MR) is 50.2 cm³/mol. The average Bonchev–Trinajstić information content (AvgIpc) is 2.89. The minimum atomic E-state index is -1.45. The van der Waals surface area contributed by atoms with Crippen molar-refractivity contribution in [1.29, 1.82) is 0 Å². The molecule has 0 saturated heterocycles. The third-order valence-corrected chi connectivity index (χ3v) is 2.63. The van der Waals surface area contributed by atoms with Gasteiger partial charge in [-0.2, -0.15) is 5.10 Å². The maximum absolute atomic E-state index is 11.3. The van der Waals surface area contributed by atoms with Crippen molar-refractivity contribution in [2.24, 2.45) is 0 Å². The Labute approximate surface area is 87.8 Å². The van der Waals surface area contributed by atoms with E-state index in [4.69, 9.17) is 5.11 Å². The molecule has 1 N–H and O–H groups in total. The molecular weight excluding hydrogens is 252 g/mol. The minimum absolute atomic E-state index is 0.139. The maximum Gasteiger partial charge on any atom is 0.378 e. The Hall–Kier alpha value is -1.17. The number of Topliss-reactive ketones (excluding diaryl/α,β-unsaturated/α-hetero) is 1. The van der Waals surface area contributed by atoms with Crippen molar-refractivity contribution in [2.45, 2.75) is 18.9 Å². The van der Waals surface area contributed by atoms with Gasteiger partial charge in [-0.1, -0.05) is 0 Å². The molecule has 1 aliphatic rings. The van der Waals surface area contributed by atoms with E-state index in [1.54, 1.807) is 0 Å². The van der Waals surface area contributed by atoms with Crippen LogP contribution >= 0.6 is 15.9 Å². The summed E-state index contributed by atoms with van der Waals surface area (Å²) in [4.78, 5) is 21.8. The second-order valence-electron chi connectivity index (χ2n) is 3.15. The van der Waals surface area contributed by atoms with Gasteiger partial charge in [-0.3, -0.25) is 9.48 Å². The summed E-state index contributed by atoms with van der Waals surface area (Å²) in [5.41, 5.74) is 0.139. The molecule has 1 fully saturated rings. The van der Waals surface area contributed by atoms with E-state index in [1.807, 2.05) is 0 Å². The van der Waals surface area contributed by atoms with Gasteiger partial charge in [0.2, 0.25) is 0 Å². The molecule has 1 aliphatic carbocycles. The molecule has 74 valence electrons. The quantitative estimate of drug-likeness (QED) is 0.654. The summed E-state index contributed by atoms with van der Waals surface area (Å²) in [5.74, 6) is -2.37. The van der Waals surface area contributed by atoms with E-state index in [-0.39, 0.29) is 11.7 Å². The summed E-state index contributed by atoms with van der Waals surface area (Å²) in [5, 5.41) is 12.6. The number of hydrogen-bond donors (Lipinski definition) is 1. The smallest absolute Gasteiger partial charge is 0.378 e. The maximum atomic E-state index is 11.3. The third kappa shape index (κ3) is 1.45. The number of hydrogen-bond acceptors (Lipinski definition) is 3. The topological polar surface area (TPSA) is 72.2 Å². The van der Waals surface area contributed by atoms with Crippen molar-refractivity contribution in [1.82, 2.24) is 9.78 Å². The third-order valence-electron chi connectivity index (χ3n) is 2.05. The number of aromatic nitrogens is 2. The van der Waals surface area contributed by atoms with Crippen molar-refractivity contribution in [3.63, 3.8) is 0 Å². The lowest BCUT2D eigenvalue weighted by atomic mass is 10.3. The second kappa shape index (κ2) is 3.20. The Morgan fingerprint density at radius 1 is 1.57 bits per heavy atom. The number of carbonyl (C=O) groups is 2. The van der Waals surface area contributed by atoms with Crippen LogP contribution in [0.4, 0.5) is 0 Å². The van der Waals surface area contributed by atoms with Gasteiger partial charge >= 0.3 is 5.97 Å². The molecule has 0 bridgehead atoms. The molecule has 2 rings (SSSR count). The lowest BCUT2D eigenvalue weighted by Crippen LogP contribution is -2.18. The number of carboxylic acids is 1. The molecule has 0 atom stereocenters. The van der Waals surface area contributed by atoms with Gasteiger partial charge in [0.05, 0.1) is 16.7 Å². The van der Waals surface area contributed by atoms with Gasteiger partial charge in [0.25, 0.3) is 5.78 Å². The minimum Gasteiger partial charge on any atom is -0.475 e. The van der Waals surface area contributed by atoms with Crippen LogP contribution in [0.1, 0.15) is 29.4 Å². The highest BCUT2D eigenvalue weighted by atomic mass is 79.9. The van der Waals surface area contributed by atoms with Crippen LogP contribution in [0.15, 0.2) is 10.7 Å². The van der Waals surface area contributed by atoms with Crippen LogP contribution < -0.4 is 0 Å². The van der Waals surface area contributed by atoms with E-state index in [0.717, 1.165) is 12.8 Å². The van der Waals surface area contributed by atoms with Crippen LogP contribution in [-0.4, -0.2) is 26.6 Å². The van der Waals surface area contributed by atoms with Crippen molar-refractivity contribution >= 4 is 27.7 Å². The van der Waals surface area contributed by atoms with E-state index in [1.165, 1.54) is 10.9 Å². The van der Waals surface area contributed by atoms with Crippen molar-refractivity contribution in [3.05, 3.63) is 16.4 Å². The molecule has 14 heavy (non-hydrogen) atoms. The Kier molecular flexibility index (Phi) is 2.14. The first-order chi connectivity index (χ1) is 6.61. The van der Waals surface area contributed by atoms with Crippen molar-refractivity contribution in [3.8, 4) is 0 Å². The monoisotopic (exact) mass is 258 g/mol. The van der Waals surface area contributed by atoms with E-state index in [0.29, 0.717) is 4.47 Å². The zero-order valence-corrected chi connectivity index (χ0v) is 8.69. The summed E-state index contributed by atoms with van der Waals surface area (Å²) in [6, 6.07) is 0.194. The summed E-state index contributed by atoms with van der Waals surface area (Å²) >= 11 is 3.11. The first kappa shape index (κ1) is 9.39. The summed E-state index contributed by atoms with van der Waals surface area (Å²) in [7, 11) is 0. The van der Waals surface area contributed by atoms with Crippen LogP contribution in [-0.2, 0) is 4.79 Å². The number of rotatable bonds is 3. The zero-order chi connectivity index (χ0) is 10.3. The van der Waals surface area contributed by atoms with Crippen molar-refractivity contribution in [2.75, 3.05) is 0 Å². The summed E-state index contributed by atoms with van der Waals surface area (Å²) in [6.45, 7) is 0. The van der Waals surface area contributed by atoms with E-state index >= 15 is 0 Å². The SMILES string of the molecule is O=C(O)C(=O)c1c(Br)cnn1C1CC1. The van der Waals surface area contributed by atoms with Gasteiger partial charge in [-0.25, -0.2) is 4.79 Å². The normalized spacial score (nSPS) is 15.5. The first-order valence-electron chi connectivity index (χ1n) is 4.12. The molecule has 0 amide bonds. The molecule has 0 radical (unpaired) electrons. The highest BCUT2D eigenvalue weighted by Crippen LogP contribution is 2.36. The number of nitrogens with zero attached hydrogens (tertiary/aromatic N) is 2. The summed E-state index contributed by atoms with van der Waals surface area (Å²) < 4.78 is 1.93. The van der Waals surface area contributed by atoms with Crippen molar-refractivity contribution < 1.29 is 14.7 Å². The average molecular weight is 259 g/mol. The highest BCUT2D eigenvalue weighted by molar-refractivity contribution is 9.10. The van der Waals surface area contributed by atoms with Gasteiger partial charge < -0.3 is 5.11 Å². The Balaban J connectivity index is 2.43. The highest BCUT2D eigenvalue weighted by Gasteiger charge is 2.32. The lowest BCUT2D eigenvalue weighted by Gasteiger charge is -2.02. The molecule has 1 saturated carbocycles. The van der Waals surface area contributed by atoms with Gasteiger partial charge in [-0.05, 0) is 28.8 Å². The fourth-order valence-electron chi connectivity index (χ4n) is 1.25. The molecule has 0 spiro atoms. The molecule has 0 unspecified atom stereocenters. The Morgan fingerprint density at radius 2 is 2.21 bits per heavy atom. The number of halogens is 1. The Morgan fingerprint density at radius 3 is 2.71 bits per heavy atom. The van der Waals surface area contributed by atoms with Crippen LogP contribution in [0.2, 0.25) is 0 Å². The standard InChI is InChI=1S/C8H7BrN2O3/c9-5-3-10-11(4-1-2-4)6(5)7(12)8(13)14/h3-4H,1-2H2,(H,13,14). The summed E-state index contributed by atoms with van der Waals surface area (Å²) in [6.07, 6.45) is 3.36. The number of ketones is 1. The fraction of sp³-hybridized carbons (Fsp3) is 0.375. The van der Waals surface area contributed by atoms with E-state index in [2.05, 4.69) is 21.0 Å². The second-order valence-corrected chi connectivity index (χ2v) is 4.01. The van der Waals surface area contributed by atoms with E-state index < -0.39 is 11.8 Å². The largest absolute Gasteiger partial charge is 0.475 e. The predicted octanol–water partition coefficient (Wildman–Crippen LogP) is 1.25. The van der Waals surface area contributed by atoms with Gasteiger partial charge in [0.1, 0.15) is 5.69 Å². The molecule has 1 aromatic rings. The van der Waals surface area contributed by atoms with Crippen LogP contribution in [0.5, 0.6) is 0 Å². The van der Waals surface area contributed by atoms with Gasteiger partial charge in [0.15, 0.2) is 0 Å².